The second kappa shape index (κ2) is 6.07. The molecule has 1 aromatic carbocycles. The van der Waals surface area contributed by atoms with Gasteiger partial charge in [0, 0.05) is 12.8 Å². The molecule has 20 heavy (non-hydrogen) atoms. The number of hydrazone groups is 1. The molecule has 0 atom stereocenters. The van der Waals surface area contributed by atoms with Crippen molar-refractivity contribution < 1.29 is 4.42 Å². The molecule has 4 heteroatoms. The Balaban J connectivity index is 1.81. The minimum absolute atomic E-state index is 0.606. The Morgan fingerprint density at radius 3 is 2.85 bits per heavy atom. The molecule has 106 valence electrons. The molecule has 2 aromatic rings. The number of hydrogen-bond acceptors (Lipinski definition) is 4. The Morgan fingerprint density at radius 1 is 1.30 bits per heavy atom. The van der Waals surface area contributed by atoms with Crippen LogP contribution in [0.4, 0.5) is 6.01 Å². The second-order valence-corrected chi connectivity index (χ2v) is 5.42. The maximum absolute atomic E-state index is 5.83. The smallest absolute Gasteiger partial charge is 0.319 e. The average Bonchev–Trinajstić information content (AvgIpc) is 2.92. The first-order chi connectivity index (χ1) is 9.86. The molecule has 1 heterocycles. The number of oxazole rings is 1. The fraction of sp³-hybridized carbons (Fsp3) is 0.500. The van der Waals surface area contributed by atoms with Gasteiger partial charge >= 0.3 is 6.01 Å². The third-order valence-corrected chi connectivity index (χ3v) is 3.91. The lowest BCUT2D eigenvalue weighted by Crippen LogP contribution is -2.26. The van der Waals surface area contributed by atoms with E-state index < -0.39 is 0 Å². The molecule has 4 nitrogen and oxygen atoms in total. The van der Waals surface area contributed by atoms with Crippen molar-refractivity contribution in [1.29, 1.82) is 0 Å². The zero-order valence-corrected chi connectivity index (χ0v) is 12.0. The van der Waals surface area contributed by atoms with Crippen LogP contribution in [0.5, 0.6) is 0 Å². The minimum Gasteiger partial charge on any atom is -0.422 e. The van der Waals surface area contributed by atoms with Gasteiger partial charge in [-0.25, -0.2) is 5.01 Å². The van der Waals surface area contributed by atoms with Crippen LogP contribution in [0.1, 0.15) is 39.0 Å². The van der Waals surface area contributed by atoms with E-state index in [0.717, 1.165) is 17.6 Å². The Kier molecular flexibility index (Phi) is 4.00. The van der Waals surface area contributed by atoms with E-state index in [9.17, 15) is 0 Å². The van der Waals surface area contributed by atoms with Gasteiger partial charge in [0.05, 0.1) is 0 Å². The maximum Gasteiger partial charge on any atom is 0.319 e. The van der Waals surface area contributed by atoms with E-state index in [-0.39, 0.29) is 0 Å². The number of aromatic nitrogens is 1. The molecule has 3 rings (SSSR count). The Labute approximate surface area is 119 Å². The highest BCUT2D eigenvalue weighted by Crippen LogP contribution is 2.28. The summed E-state index contributed by atoms with van der Waals surface area (Å²) in [6, 6.07) is 8.46. The minimum atomic E-state index is 0.606. The highest BCUT2D eigenvalue weighted by molar-refractivity contribution is 5.74. The summed E-state index contributed by atoms with van der Waals surface area (Å²) in [7, 11) is 0. The number of nitrogens with zero attached hydrogens (tertiary/aromatic N) is 3. The molecule has 0 amide bonds. The van der Waals surface area contributed by atoms with Crippen LogP contribution in [-0.2, 0) is 0 Å². The Bertz CT molecular complexity index is 551. The molecular weight excluding hydrogens is 250 g/mol. The summed E-state index contributed by atoms with van der Waals surface area (Å²) in [6.07, 6.45) is 8.42. The van der Waals surface area contributed by atoms with Crippen LogP contribution in [0, 0.1) is 5.92 Å². The highest BCUT2D eigenvalue weighted by Gasteiger charge is 2.20. The van der Waals surface area contributed by atoms with Gasteiger partial charge in [-0.3, -0.25) is 0 Å². The van der Waals surface area contributed by atoms with Gasteiger partial charge in [0.15, 0.2) is 5.58 Å². The molecule has 1 fully saturated rings. The topological polar surface area (TPSA) is 41.6 Å². The van der Waals surface area contributed by atoms with Crippen LogP contribution in [0.3, 0.4) is 0 Å². The number of anilines is 1. The summed E-state index contributed by atoms with van der Waals surface area (Å²) in [6.45, 7) is 2.83. The van der Waals surface area contributed by atoms with E-state index >= 15 is 0 Å². The van der Waals surface area contributed by atoms with Gasteiger partial charge in [-0.15, -0.1) is 0 Å². The van der Waals surface area contributed by atoms with Crippen molar-refractivity contribution in [2.75, 3.05) is 11.6 Å². The molecule has 0 N–H and O–H groups in total. The number of hydrogen-bond donors (Lipinski definition) is 0. The maximum atomic E-state index is 5.83. The van der Waals surface area contributed by atoms with Crippen molar-refractivity contribution in [3.63, 3.8) is 0 Å². The van der Waals surface area contributed by atoms with Gasteiger partial charge in [-0.2, -0.15) is 10.1 Å². The Hall–Kier alpha value is -1.84. The molecule has 0 bridgehead atoms. The monoisotopic (exact) mass is 271 g/mol. The summed E-state index contributed by atoms with van der Waals surface area (Å²) in [4.78, 5) is 4.54. The first-order valence-electron chi connectivity index (χ1n) is 7.48. The number of para-hydroxylation sites is 2. The largest absolute Gasteiger partial charge is 0.422 e. The molecule has 1 aliphatic rings. The van der Waals surface area contributed by atoms with E-state index in [1.54, 1.807) is 6.21 Å². The van der Waals surface area contributed by atoms with Crippen molar-refractivity contribution in [2.24, 2.45) is 11.0 Å². The van der Waals surface area contributed by atoms with E-state index in [4.69, 9.17) is 4.42 Å². The van der Waals surface area contributed by atoms with Crippen LogP contribution < -0.4 is 5.01 Å². The molecule has 0 saturated heterocycles. The molecule has 1 aliphatic carbocycles. The third kappa shape index (κ3) is 2.84. The lowest BCUT2D eigenvalue weighted by molar-refractivity contribution is 0.354. The predicted molar refractivity (Wildman–Crippen MR) is 82.1 cm³/mol. The number of benzene rings is 1. The van der Waals surface area contributed by atoms with E-state index in [1.165, 1.54) is 32.1 Å². The highest BCUT2D eigenvalue weighted by atomic mass is 16.4. The van der Waals surface area contributed by atoms with Crippen LogP contribution in [0.15, 0.2) is 33.8 Å². The normalized spacial score (nSPS) is 17.1. The van der Waals surface area contributed by atoms with Gasteiger partial charge < -0.3 is 4.42 Å². The molecule has 0 radical (unpaired) electrons. The predicted octanol–water partition coefficient (Wildman–Crippen LogP) is 4.22. The third-order valence-electron chi connectivity index (χ3n) is 3.91. The van der Waals surface area contributed by atoms with Crippen molar-refractivity contribution in [2.45, 2.75) is 39.0 Å². The van der Waals surface area contributed by atoms with Crippen LogP contribution in [0.25, 0.3) is 11.1 Å². The van der Waals surface area contributed by atoms with E-state index in [2.05, 4.69) is 10.1 Å². The van der Waals surface area contributed by atoms with Crippen LogP contribution in [-0.4, -0.2) is 17.7 Å². The fourth-order valence-electron chi connectivity index (χ4n) is 2.90. The molecular formula is C16H21N3O. The second-order valence-electron chi connectivity index (χ2n) is 5.42. The lowest BCUT2D eigenvalue weighted by atomic mass is 9.89. The molecule has 1 aromatic heterocycles. The standard InChI is InChI=1S/C16H21N3O/c1-2-17-19(12-13-8-4-3-5-9-13)16-18-14-10-6-7-11-15(14)20-16/h2,6-7,10-11,13H,3-5,8-9,12H2,1H3/b17-2+. The van der Waals surface area contributed by atoms with Crippen molar-refractivity contribution in [3.8, 4) is 0 Å². The quantitative estimate of drug-likeness (QED) is 0.617. The first kappa shape index (κ1) is 13.2. The molecule has 1 saturated carbocycles. The van der Waals surface area contributed by atoms with Gasteiger partial charge in [0.1, 0.15) is 5.52 Å². The zero-order valence-electron chi connectivity index (χ0n) is 12.0. The van der Waals surface area contributed by atoms with Crippen molar-refractivity contribution >= 4 is 23.3 Å². The molecule has 0 spiro atoms. The summed E-state index contributed by atoms with van der Waals surface area (Å²) < 4.78 is 5.83. The number of fused-ring (bicyclic) bond motifs is 1. The molecule has 0 aliphatic heterocycles. The van der Waals surface area contributed by atoms with Gasteiger partial charge in [-0.05, 0) is 37.8 Å². The summed E-state index contributed by atoms with van der Waals surface area (Å²) >= 11 is 0. The van der Waals surface area contributed by atoms with Crippen LogP contribution in [0.2, 0.25) is 0 Å². The van der Waals surface area contributed by atoms with Crippen molar-refractivity contribution in [1.82, 2.24) is 4.98 Å². The average molecular weight is 271 g/mol. The summed E-state index contributed by atoms with van der Waals surface area (Å²) in [5.74, 6) is 0.697. The molecule has 0 unspecified atom stereocenters. The number of rotatable bonds is 4. The lowest BCUT2D eigenvalue weighted by Gasteiger charge is -2.25. The van der Waals surface area contributed by atoms with Crippen molar-refractivity contribution in [3.05, 3.63) is 24.3 Å². The van der Waals surface area contributed by atoms with E-state index in [1.807, 2.05) is 36.2 Å². The summed E-state index contributed by atoms with van der Waals surface area (Å²) in [5.41, 5.74) is 1.71. The van der Waals surface area contributed by atoms with E-state index in [0.29, 0.717) is 11.9 Å². The van der Waals surface area contributed by atoms with Crippen LogP contribution >= 0.6 is 0 Å². The van der Waals surface area contributed by atoms with Gasteiger partial charge in [0.25, 0.3) is 0 Å². The summed E-state index contributed by atoms with van der Waals surface area (Å²) in [5, 5.41) is 6.35. The fourth-order valence-corrected chi connectivity index (χ4v) is 2.90. The van der Waals surface area contributed by atoms with Gasteiger partial charge in [-0.1, -0.05) is 31.4 Å². The Morgan fingerprint density at radius 2 is 2.10 bits per heavy atom. The first-order valence-corrected chi connectivity index (χ1v) is 7.48. The zero-order chi connectivity index (χ0) is 13.8. The van der Waals surface area contributed by atoms with Gasteiger partial charge in [0.2, 0.25) is 0 Å². The SMILES string of the molecule is C/C=N/N(CC1CCCCC1)c1nc2ccccc2o1.